The highest BCUT2D eigenvalue weighted by atomic mass is 32.2. The van der Waals surface area contributed by atoms with Gasteiger partial charge in [0.1, 0.15) is 12.1 Å². The summed E-state index contributed by atoms with van der Waals surface area (Å²) in [5, 5.41) is -0.0934. The predicted molar refractivity (Wildman–Crippen MR) is 170 cm³/mol. The molecule has 1 saturated carbocycles. The lowest BCUT2D eigenvalue weighted by atomic mass is 9.86. The van der Waals surface area contributed by atoms with E-state index in [1.165, 1.54) is 18.5 Å². The van der Waals surface area contributed by atoms with Crippen LogP contribution in [0.2, 0.25) is 0 Å². The Hall–Kier alpha value is -2.47. The Morgan fingerprint density at radius 2 is 1.55 bits per heavy atom. The first-order chi connectivity index (χ1) is 21.0. The molecule has 0 radical (unpaired) electrons. The number of aryl methyl sites for hydroxylation is 2. The van der Waals surface area contributed by atoms with Gasteiger partial charge in [-0.05, 0) is 84.3 Å². The summed E-state index contributed by atoms with van der Waals surface area (Å²) >= 11 is 0. The van der Waals surface area contributed by atoms with Crippen molar-refractivity contribution in [3.05, 3.63) is 59.4 Å². The second-order valence-corrected chi connectivity index (χ2v) is 15.6. The summed E-state index contributed by atoms with van der Waals surface area (Å²) in [6.45, 7) is 15.6. The van der Waals surface area contributed by atoms with Crippen molar-refractivity contribution >= 4 is 15.9 Å². The van der Waals surface area contributed by atoms with Crippen LogP contribution in [0.25, 0.3) is 0 Å². The van der Waals surface area contributed by atoms with E-state index in [2.05, 4.69) is 33.6 Å². The van der Waals surface area contributed by atoms with E-state index in [0.717, 1.165) is 89.2 Å². The third-order valence-corrected chi connectivity index (χ3v) is 12.6. The molecule has 1 aromatic heterocycles. The molecule has 1 unspecified atom stereocenters. The first-order valence-electron chi connectivity index (χ1n) is 16.2. The van der Waals surface area contributed by atoms with E-state index in [-0.39, 0.29) is 22.5 Å². The zero-order chi connectivity index (χ0) is 31.5. The summed E-state index contributed by atoms with van der Waals surface area (Å²) in [6, 6.07) is 8.42. The van der Waals surface area contributed by atoms with Crippen LogP contribution in [0.4, 0.5) is 4.39 Å². The monoisotopic (exact) mass is 628 g/mol. The zero-order valence-corrected chi connectivity index (χ0v) is 27.6. The van der Waals surface area contributed by atoms with Gasteiger partial charge in [-0.3, -0.25) is 14.6 Å². The molecule has 44 heavy (non-hydrogen) atoms. The molecule has 4 aliphatic rings. The topological polar surface area (TPSA) is 90.0 Å². The molecule has 1 aliphatic carbocycles. The Labute approximate surface area is 262 Å². The molecule has 3 aliphatic heterocycles. The number of carbonyl (C=O) groups excluding carboxylic acids is 1. The van der Waals surface area contributed by atoms with Crippen LogP contribution in [0.3, 0.4) is 0 Å². The first-order valence-corrected chi connectivity index (χ1v) is 17.7. The standard InChI is InChI=1S/C27H44N6O3S.C6H5F/c1-20-17-32(16-15-31(20)18-23-7-11-33(12-8-23)37(35,36)24-5-6-24)27(4)9-13-30(14-10-27)26(34)25-21(2)28-19-29-22(25)3;7-6-4-2-1-3-5-6/h19-20,23-24H,5-18H2,1-4H3;1-5H. The number of hydrogen-bond donors (Lipinski definition) is 0. The summed E-state index contributed by atoms with van der Waals surface area (Å²) in [6.07, 6.45) is 7.13. The molecule has 9 nitrogen and oxygen atoms in total. The van der Waals surface area contributed by atoms with Crippen molar-refractivity contribution in [2.24, 2.45) is 5.92 Å². The Balaban J connectivity index is 0.000000484. The maximum absolute atomic E-state index is 13.2. The average Bonchev–Trinajstić information content (AvgIpc) is 3.86. The highest BCUT2D eigenvalue weighted by molar-refractivity contribution is 7.90. The van der Waals surface area contributed by atoms with Crippen LogP contribution in [-0.4, -0.2) is 112 Å². The van der Waals surface area contributed by atoms with E-state index < -0.39 is 10.0 Å². The van der Waals surface area contributed by atoms with Gasteiger partial charge in [0, 0.05) is 63.9 Å². The van der Waals surface area contributed by atoms with Crippen LogP contribution in [0.15, 0.2) is 36.7 Å². The van der Waals surface area contributed by atoms with E-state index in [9.17, 15) is 17.6 Å². The maximum Gasteiger partial charge on any atom is 0.257 e. The number of aromatic nitrogens is 2. The molecule has 3 saturated heterocycles. The Morgan fingerprint density at radius 1 is 0.932 bits per heavy atom. The van der Waals surface area contributed by atoms with Gasteiger partial charge in [-0.1, -0.05) is 18.2 Å². The number of carbonyl (C=O) groups is 1. The highest BCUT2D eigenvalue weighted by Crippen LogP contribution is 2.34. The third kappa shape index (κ3) is 7.66. The molecule has 4 heterocycles. The molecule has 0 spiro atoms. The van der Waals surface area contributed by atoms with E-state index in [1.54, 1.807) is 22.5 Å². The normalized spacial score (nSPS) is 24.0. The SMILES string of the molecule is Cc1ncnc(C)c1C(=O)N1CCC(C)(N2CCN(CC3CCN(S(=O)(=O)C4CC4)CC3)C(C)C2)CC1.Fc1ccccc1. The fraction of sp³-hybridized carbons (Fsp3) is 0.667. The molecule has 0 N–H and O–H groups in total. The lowest BCUT2D eigenvalue weighted by molar-refractivity contribution is -0.0223. The molecule has 6 rings (SSSR count). The zero-order valence-electron chi connectivity index (χ0n) is 26.8. The second kappa shape index (κ2) is 13.9. The number of nitrogens with zero attached hydrogens (tertiary/aromatic N) is 6. The van der Waals surface area contributed by atoms with Crippen molar-refractivity contribution in [2.45, 2.75) is 83.1 Å². The molecule has 1 amide bonds. The van der Waals surface area contributed by atoms with Crippen molar-refractivity contribution in [3.63, 3.8) is 0 Å². The van der Waals surface area contributed by atoms with Crippen molar-refractivity contribution in [2.75, 3.05) is 52.4 Å². The van der Waals surface area contributed by atoms with E-state index in [0.29, 0.717) is 30.6 Å². The smallest absolute Gasteiger partial charge is 0.257 e. The molecular weight excluding hydrogens is 579 g/mol. The fourth-order valence-corrected chi connectivity index (χ4v) is 8.87. The van der Waals surface area contributed by atoms with Crippen LogP contribution in [0.1, 0.15) is 74.1 Å². The van der Waals surface area contributed by atoms with Gasteiger partial charge >= 0.3 is 0 Å². The minimum atomic E-state index is -3.03. The van der Waals surface area contributed by atoms with Crippen molar-refractivity contribution < 1.29 is 17.6 Å². The van der Waals surface area contributed by atoms with Crippen LogP contribution < -0.4 is 0 Å². The van der Waals surface area contributed by atoms with E-state index in [4.69, 9.17) is 0 Å². The molecule has 1 aromatic carbocycles. The number of likely N-dealkylation sites (tertiary alicyclic amines) is 1. The summed E-state index contributed by atoms with van der Waals surface area (Å²) in [4.78, 5) is 28.9. The van der Waals surface area contributed by atoms with Crippen molar-refractivity contribution in [1.29, 1.82) is 0 Å². The van der Waals surface area contributed by atoms with E-state index in [1.807, 2.05) is 18.7 Å². The fourth-order valence-electron chi connectivity index (χ4n) is 6.99. The summed E-state index contributed by atoms with van der Waals surface area (Å²) in [7, 11) is -3.03. The van der Waals surface area contributed by atoms with E-state index >= 15 is 0 Å². The van der Waals surface area contributed by atoms with Gasteiger partial charge in [0.05, 0.1) is 22.2 Å². The number of amides is 1. The van der Waals surface area contributed by atoms with Gasteiger partial charge in [-0.25, -0.2) is 27.1 Å². The quantitative estimate of drug-likeness (QED) is 0.476. The Bertz CT molecular complexity index is 1350. The number of piperidine rings is 2. The van der Waals surface area contributed by atoms with Gasteiger partial charge in [-0.15, -0.1) is 0 Å². The molecule has 1 atom stereocenters. The molecule has 11 heteroatoms. The van der Waals surface area contributed by atoms with Gasteiger partial charge in [-0.2, -0.15) is 0 Å². The van der Waals surface area contributed by atoms with Gasteiger partial charge in [0.2, 0.25) is 10.0 Å². The maximum atomic E-state index is 13.2. The number of benzene rings is 1. The first kappa shape index (κ1) is 32.9. The van der Waals surface area contributed by atoms with Crippen LogP contribution in [0.5, 0.6) is 0 Å². The summed E-state index contributed by atoms with van der Waals surface area (Å²) in [5.41, 5.74) is 2.28. The molecule has 0 bridgehead atoms. The summed E-state index contributed by atoms with van der Waals surface area (Å²) < 4.78 is 38.8. The number of rotatable bonds is 6. The van der Waals surface area contributed by atoms with Crippen LogP contribution in [-0.2, 0) is 10.0 Å². The number of halogens is 1. The minimum Gasteiger partial charge on any atom is -0.338 e. The Kier molecular flexibility index (Phi) is 10.4. The largest absolute Gasteiger partial charge is 0.338 e. The number of sulfonamides is 1. The predicted octanol–water partition coefficient (Wildman–Crippen LogP) is 4.12. The third-order valence-electron chi connectivity index (χ3n) is 10.2. The minimum absolute atomic E-state index is 0.0619. The molecule has 4 fully saturated rings. The average molecular weight is 629 g/mol. The van der Waals surface area contributed by atoms with Crippen molar-refractivity contribution in [3.8, 4) is 0 Å². The molecular formula is C33H49FN6O3S. The second-order valence-electron chi connectivity index (χ2n) is 13.4. The van der Waals surface area contributed by atoms with Crippen LogP contribution in [0, 0.1) is 25.6 Å². The van der Waals surface area contributed by atoms with Gasteiger partial charge in [0.25, 0.3) is 5.91 Å². The lowest BCUT2D eigenvalue weighted by Crippen LogP contribution is -2.62. The lowest BCUT2D eigenvalue weighted by Gasteiger charge is -2.52. The van der Waals surface area contributed by atoms with Crippen molar-refractivity contribution in [1.82, 2.24) is 29.0 Å². The van der Waals surface area contributed by atoms with Gasteiger partial charge < -0.3 is 4.90 Å². The van der Waals surface area contributed by atoms with Crippen LogP contribution >= 0.6 is 0 Å². The summed E-state index contributed by atoms with van der Waals surface area (Å²) in [5.74, 6) is 0.465. The number of piperazine rings is 1. The Morgan fingerprint density at radius 3 is 2.07 bits per heavy atom. The van der Waals surface area contributed by atoms with Gasteiger partial charge in [0.15, 0.2) is 0 Å². The molecule has 2 aromatic rings. The highest BCUT2D eigenvalue weighted by Gasteiger charge is 2.43. The molecule has 242 valence electrons. The number of hydrogen-bond acceptors (Lipinski definition) is 7.